The normalized spacial score (nSPS) is 10.1. The number of ether oxygens (including phenoxy) is 2. The number of carbonyl (C=O) groups is 2. The molecule has 0 aliphatic rings. The maximum absolute atomic E-state index is 12.3. The summed E-state index contributed by atoms with van der Waals surface area (Å²) in [4.78, 5) is 24.3. The number of amides is 2. The van der Waals surface area contributed by atoms with Crippen molar-refractivity contribution in [2.45, 2.75) is 20.3 Å². The van der Waals surface area contributed by atoms with Crippen molar-refractivity contribution >= 4 is 45.0 Å². The minimum Gasteiger partial charge on any atom is -0.490 e. The maximum Gasteiger partial charge on any atom is 0.262 e. The smallest absolute Gasteiger partial charge is 0.262 e. The molecule has 158 valence electrons. The molecule has 30 heavy (non-hydrogen) atoms. The van der Waals surface area contributed by atoms with E-state index >= 15 is 0 Å². The molecule has 2 N–H and O–H groups in total. The van der Waals surface area contributed by atoms with Gasteiger partial charge in [0.1, 0.15) is 0 Å². The lowest BCUT2D eigenvalue weighted by atomic mass is 10.2. The van der Waals surface area contributed by atoms with Crippen LogP contribution in [0.3, 0.4) is 0 Å². The molecule has 7 nitrogen and oxygen atoms in total. The quantitative estimate of drug-likeness (QED) is 0.533. The summed E-state index contributed by atoms with van der Waals surface area (Å²) in [7, 11) is 0. The van der Waals surface area contributed by atoms with Crippen LogP contribution in [0.15, 0.2) is 34.8 Å². The molecule has 0 aliphatic heterocycles. The van der Waals surface area contributed by atoms with Gasteiger partial charge < -0.3 is 20.1 Å². The van der Waals surface area contributed by atoms with Crippen LogP contribution in [-0.4, -0.2) is 31.6 Å². The first kappa shape index (κ1) is 23.5. The molecule has 0 radical (unpaired) electrons. The number of benzene rings is 2. The van der Waals surface area contributed by atoms with Crippen molar-refractivity contribution in [2.24, 2.45) is 0 Å². The second-order valence-corrected chi connectivity index (χ2v) is 7.38. The zero-order chi connectivity index (χ0) is 22.1. The molecule has 2 amide bonds. The van der Waals surface area contributed by atoms with Crippen molar-refractivity contribution < 1.29 is 19.1 Å². The monoisotopic (exact) mass is 493 g/mol. The Labute approximate surface area is 188 Å². The van der Waals surface area contributed by atoms with Crippen LogP contribution in [0.5, 0.6) is 11.5 Å². The lowest BCUT2D eigenvalue weighted by Crippen LogP contribution is -2.24. The van der Waals surface area contributed by atoms with Crippen LogP contribution in [-0.2, 0) is 4.79 Å². The average Bonchev–Trinajstić information content (AvgIpc) is 2.71. The van der Waals surface area contributed by atoms with Gasteiger partial charge in [-0.3, -0.25) is 9.59 Å². The fourth-order valence-corrected chi connectivity index (χ4v) is 3.30. The lowest BCUT2D eigenvalue weighted by molar-refractivity contribution is -0.118. The Bertz CT molecular complexity index is 975. The van der Waals surface area contributed by atoms with E-state index < -0.39 is 5.91 Å². The number of nitrogens with one attached hydrogen (secondary N) is 2. The Morgan fingerprint density at radius 1 is 1.20 bits per heavy atom. The molecule has 0 saturated carbocycles. The SMILES string of the molecule is CCCNC(=O)c1ccc(NC(=O)COc2c(Br)cc(C#N)cc2OCC)cc1Cl. The van der Waals surface area contributed by atoms with Crippen LogP contribution in [0, 0.1) is 11.3 Å². The highest BCUT2D eigenvalue weighted by atomic mass is 79.9. The molecule has 0 aromatic heterocycles. The average molecular weight is 495 g/mol. The van der Waals surface area contributed by atoms with Crippen LogP contribution >= 0.6 is 27.5 Å². The van der Waals surface area contributed by atoms with Gasteiger partial charge in [0, 0.05) is 18.3 Å². The van der Waals surface area contributed by atoms with E-state index in [-0.39, 0.29) is 17.5 Å². The first-order valence-electron chi connectivity index (χ1n) is 9.26. The Morgan fingerprint density at radius 3 is 2.60 bits per heavy atom. The van der Waals surface area contributed by atoms with Gasteiger partial charge in [-0.25, -0.2) is 0 Å². The zero-order valence-electron chi connectivity index (χ0n) is 16.6. The highest BCUT2D eigenvalue weighted by Crippen LogP contribution is 2.36. The molecule has 0 spiro atoms. The number of rotatable bonds is 9. The molecule has 2 rings (SSSR count). The molecular weight excluding hydrogens is 474 g/mol. The Hall–Kier alpha value is -2.76. The third kappa shape index (κ3) is 6.37. The van der Waals surface area contributed by atoms with Crippen LogP contribution in [0.4, 0.5) is 5.69 Å². The first-order valence-corrected chi connectivity index (χ1v) is 10.4. The fourth-order valence-electron chi connectivity index (χ4n) is 2.48. The number of nitrogens with zero attached hydrogens (tertiary/aromatic N) is 1. The van der Waals surface area contributed by atoms with Gasteiger partial charge in [-0.05, 0) is 53.5 Å². The number of nitriles is 1. The molecule has 9 heteroatoms. The molecule has 0 aliphatic carbocycles. The molecule has 0 bridgehead atoms. The van der Waals surface area contributed by atoms with E-state index in [2.05, 4.69) is 26.6 Å². The van der Waals surface area contributed by atoms with Gasteiger partial charge in [0.25, 0.3) is 11.8 Å². The summed E-state index contributed by atoms with van der Waals surface area (Å²) in [6.45, 7) is 4.40. The van der Waals surface area contributed by atoms with E-state index in [9.17, 15) is 9.59 Å². The van der Waals surface area contributed by atoms with Gasteiger partial charge in [0.15, 0.2) is 18.1 Å². The van der Waals surface area contributed by atoms with Gasteiger partial charge in [-0.15, -0.1) is 0 Å². The third-order valence-corrected chi connectivity index (χ3v) is 4.72. The lowest BCUT2D eigenvalue weighted by Gasteiger charge is -2.14. The summed E-state index contributed by atoms with van der Waals surface area (Å²) >= 11 is 9.50. The van der Waals surface area contributed by atoms with E-state index in [1.165, 1.54) is 6.07 Å². The summed E-state index contributed by atoms with van der Waals surface area (Å²) in [6.07, 6.45) is 0.817. The molecular formula is C21H21BrClN3O4. The van der Waals surface area contributed by atoms with Gasteiger partial charge in [-0.2, -0.15) is 5.26 Å². The number of carbonyl (C=O) groups excluding carboxylic acids is 2. The predicted octanol–water partition coefficient (Wildman–Crippen LogP) is 4.53. The highest BCUT2D eigenvalue weighted by molar-refractivity contribution is 9.10. The van der Waals surface area contributed by atoms with Gasteiger partial charge in [0.05, 0.1) is 33.3 Å². The number of hydrogen-bond acceptors (Lipinski definition) is 5. The molecule has 2 aromatic carbocycles. The first-order chi connectivity index (χ1) is 14.4. The van der Waals surface area contributed by atoms with E-state index in [0.717, 1.165) is 6.42 Å². The van der Waals surface area contributed by atoms with E-state index in [0.29, 0.717) is 45.9 Å². The van der Waals surface area contributed by atoms with Crippen molar-refractivity contribution in [2.75, 3.05) is 25.1 Å². The van der Waals surface area contributed by atoms with Gasteiger partial charge >= 0.3 is 0 Å². The van der Waals surface area contributed by atoms with E-state index in [1.807, 2.05) is 13.0 Å². The highest BCUT2D eigenvalue weighted by Gasteiger charge is 2.15. The van der Waals surface area contributed by atoms with Crippen LogP contribution in [0.1, 0.15) is 36.2 Å². The van der Waals surface area contributed by atoms with Crippen LogP contribution in [0.2, 0.25) is 5.02 Å². The molecule has 0 unspecified atom stereocenters. The number of halogens is 2. The Morgan fingerprint density at radius 2 is 1.97 bits per heavy atom. The summed E-state index contributed by atoms with van der Waals surface area (Å²) in [5.74, 6) is -0.00108. The molecule has 0 saturated heterocycles. The molecule has 2 aromatic rings. The minimum absolute atomic E-state index is 0.232. The van der Waals surface area contributed by atoms with Crippen molar-refractivity contribution in [3.8, 4) is 17.6 Å². The standard InChI is InChI=1S/C21H21BrClN3O4/c1-3-7-25-21(28)15-6-5-14(10-17(15)23)26-19(27)12-30-20-16(22)8-13(11-24)9-18(20)29-4-2/h5-6,8-10H,3-4,7,12H2,1-2H3,(H,25,28)(H,26,27). The van der Waals surface area contributed by atoms with Gasteiger partial charge in [-0.1, -0.05) is 18.5 Å². The minimum atomic E-state index is -0.423. The molecule has 0 heterocycles. The summed E-state index contributed by atoms with van der Waals surface area (Å²) in [5, 5.41) is 14.7. The molecule has 0 atom stereocenters. The Kier molecular flexibility index (Phi) is 8.96. The second-order valence-electron chi connectivity index (χ2n) is 6.12. The fraction of sp³-hybridized carbons (Fsp3) is 0.286. The van der Waals surface area contributed by atoms with Crippen molar-refractivity contribution in [1.82, 2.24) is 5.32 Å². The summed E-state index contributed by atoms with van der Waals surface area (Å²) in [5.41, 5.74) is 1.17. The van der Waals surface area contributed by atoms with Crippen molar-refractivity contribution in [3.63, 3.8) is 0 Å². The maximum atomic E-state index is 12.3. The van der Waals surface area contributed by atoms with Crippen LogP contribution < -0.4 is 20.1 Å². The van der Waals surface area contributed by atoms with Crippen molar-refractivity contribution in [3.05, 3.63) is 51.0 Å². The Balaban J connectivity index is 2.04. The van der Waals surface area contributed by atoms with Crippen molar-refractivity contribution in [1.29, 1.82) is 5.26 Å². The number of hydrogen-bond donors (Lipinski definition) is 2. The van der Waals surface area contributed by atoms with E-state index in [1.54, 1.807) is 31.2 Å². The zero-order valence-corrected chi connectivity index (χ0v) is 18.9. The molecule has 0 fully saturated rings. The van der Waals surface area contributed by atoms with Crippen LogP contribution in [0.25, 0.3) is 0 Å². The topological polar surface area (TPSA) is 100 Å². The summed E-state index contributed by atoms with van der Waals surface area (Å²) < 4.78 is 11.6. The largest absolute Gasteiger partial charge is 0.490 e. The third-order valence-electron chi connectivity index (χ3n) is 3.82. The second kappa shape index (κ2) is 11.4. The predicted molar refractivity (Wildman–Crippen MR) is 118 cm³/mol. The van der Waals surface area contributed by atoms with E-state index in [4.69, 9.17) is 26.3 Å². The van der Waals surface area contributed by atoms with Gasteiger partial charge in [0.2, 0.25) is 0 Å². The number of anilines is 1. The summed E-state index contributed by atoms with van der Waals surface area (Å²) in [6, 6.07) is 9.81.